The minimum Gasteiger partial charge on any atom is -0.354 e. The Balaban J connectivity index is 2.06. The van der Waals surface area contributed by atoms with Gasteiger partial charge in [-0.2, -0.15) is 0 Å². The van der Waals surface area contributed by atoms with Gasteiger partial charge in [0.15, 0.2) is 0 Å². The Bertz CT molecular complexity index is 1390. The Labute approximate surface area is 232 Å². The summed E-state index contributed by atoms with van der Waals surface area (Å²) in [6, 6.07) is 20.4. The number of nitrogens with zero attached hydrogens (tertiary/aromatic N) is 2. The third-order valence-electron chi connectivity index (χ3n) is 6.76. The first kappa shape index (κ1) is 29.9. The molecular weight excluding hydrogens is 510 g/mol. The van der Waals surface area contributed by atoms with Crippen molar-refractivity contribution >= 4 is 27.5 Å². The van der Waals surface area contributed by atoms with Gasteiger partial charge in [-0.25, -0.2) is 8.42 Å². The number of amides is 2. The van der Waals surface area contributed by atoms with Crippen LogP contribution in [-0.4, -0.2) is 44.3 Å². The number of rotatable bonds is 12. The van der Waals surface area contributed by atoms with Crippen molar-refractivity contribution in [1.82, 2.24) is 10.2 Å². The molecule has 0 aromatic heterocycles. The van der Waals surface area contributed by atoms with Gasteiger partial charge in [-0.05, 0) is 74.6 Å². The molecule has 1 atom stereocenters. The van der Waals surface area contributed by atoms with E-state index in [2.05, 4.69) is 5.32 Å². The van der Waals surface area contributed by atoms with Gasteiger partial charge in [0.25, 0.3) is 10.0 Å². The SMILES string of the molecule is CCCNC(=O)C(CC)N(Cc1cccc(C)c1)C(=O)CN(c1ccc(C)c(C)c1)S(=O)(=O)c1ccccc1. The molecule has 0 fully saturated rings. The molecule has 3 aromatic carbocycles. The maximum Gasteiger partial charge on any atom is 0.264 e. The van der Waals surface area contributed by atoms with E-state index < -0.39 is 28.5 Å². The molecule has 7 nitrogen and oxygen atoms in total. The highest BCUT2D eigenvalue weighted by atomic mass is 32.2. The summed E-state index contributed by atoms with van der Waals surface area (Å²) in [5.41, 5.74) is 4.23. The molecule has 3 aromatic rings. The van der Waals surface area contributed by atoms with Crippen LogP contribution < -0.4 is 9.62 Å². The van der Waals surface area contributed by atoms with E-state index in [9.17, 15) is 18.0 Å². The average molecular weight is 550 g/mol. The van der Waals surface area contributed by atoms with Gasteiger partial charge >= 0.3 is 0 Å². The van der Waals surface area contributed by atoms with E-state index in [1.165, 1.54) is 17.0 Å². The van der Waals surface area contributed by atoms with E-state index >= 15 is 0 Å². The number of carbonyl (C=O) groups excluding carboxylic acids is 2. The Hall–Kier alpha value is -3.65. The fourth-order valence-electron chi connectivity index (χ4n) is 4.42. The van der Waals surface area contributed by atoms with Crippen LogP contribution in [0.2, 0.25) is 0 Å². The van der Waals surface area contributed by atoms with Crippen LogP contribution in [0.1, 0.15) is 48.9 Å². The van der Waals surface area contributed by atoms with Gasteiger partial charge in [0.2, 0.25) is 11.8 Å². The zero-order valence-electron chi connectivity index (χ0n) is 23.5. The summed E-state index contributed by atoms with van der Waals surface area (Å²) >= 11 is 0. The first-order valence-corrected chi connectivity index (χ1v) is 14.8. The molecule has 1 N–H and O–H groups in total. The zero-order chi connectivity index (χ0) is 28.6. The molecule has 39 heavy (non-hydrogen) atoms. The average Bonchev–Trinajstić information content (AvgIpc) is 2.92. The molecule has 8 heteroatoms. The Kier molecular flexibility index (Phi) is 10.3. The van der Waals surface area contributed by atoms with E-state index in [1.807, 2.05) is 65.0 Å². The number of carbonyl (C=O) groups is 2. The van der Waals surface area contributed by atoms with Crippen molar-refractivity contribution in [2.24, 2.45) is 0 Å². The van der Waals surface area contributed by atoms with Crippen molar-refractivity contribution in [3.8, 4) is 0 Å². The van der Waals surface area contributed by atoms with Crippen molar-refractivity contribution in [3.63, 3.8) is 0 Å². The van der Waals surface area contributed by atoms with Crippen molar-refractivity contribution in [2.45, 2.75) is 64.9 Å². The van der Waals surface area contributed by atoms with Gasteiger partial charge in [-0.3, -0.25) is 13.9 Å². The highest BCUT2D eigenvalue weighted by Crippen LogP contribution is 2.26. The molecular formula is C31H39N3O4S. The molecule has 1 unspecified atom stereocenters. The van der Waals surface area contributed by atoms with Gasteiger partial charge in [-0.15, -0.1) is 0 Å². The summed E-state index contributed by atoms with van der Waals surface area (Å²) in [5.74, 6) is -0.697. The second kappa shape index (κ2) is 13.4. The van der Waals surface area contributed by atoms with Crippen LogP contribution in [0.4, 0.5) is 5.69 Å². The number of nitrogens with one attached hydrogen (secondary N) is 1. The van der Waals surface area contributed by atoms with Gasteiger partial charge in [-0.1, -0.05) is 67.9 Å². The fourth-order valence-corrected chi connectivity index (χ4v) is 5.85. The lowest BCUT2D eigenvalue weighted by molar-refractivity contribution is -0.140. The fraction of sp³-hybridized carbons (Fsp3) is 0.355. The highest BCUT2D eigenvalue weighted by Gasteiger charge is 2.33. The van der Waals surface area contributed by atoms with Gasteiger partial charge in [0.05, 0.1) is 10.6 Å². The van der Waals surface area contributed by atoms with Crippen molar-refractivity contribution < 1.29 is 18.0 Å². The normalized spacial score (nSPS) is 12.0. The van der Waals surface area contributed by atoms with E-state index in [0.717, 1.165) is 33.0 Å². The molecule has 208 valence electrons. The standard InChI is InChI=1S/C31H39N3O4S/c1-6-18-32-31(36)29(7-2)33(21-26-13-11-12-23(3)19-26)30(35)22-34(27-17-16-24(4)25(5)20-27)39(37,38)28-14-9-8-10-15-28/h8-17,19-20,29H,6-7,18,21-22H2,1-5H3,(H,32,36). The van der Waals surface area contributed by atoms with Crippen LogP contribution in [0.3, 0.4) is 0 Å². The summed E-state index contributed by atoms with van der Waals surface area (Å²) in [6.07, 6.45) is 1.16. The molecule has 0 radical (unpaired) electrons. The predicted octanol–water partition coefficient (Wildman–Crippen LogP) is 5.14. The molecule has 0 aliphatic carbocycles. The van der Waals surface area contributed by atoms with Crippen molar-refractivity contribution in [3.05, 3.63) is 95.1 Å². The number of benzene rings is 3. The van der Waals surface area contributed by atoms with E-state index in [4.69, 9.17) is 0 Å². The summed E-state index contributed by atoms with van der Waals surface area (Å²) in [7, 11) is -4.07. The maximum atomic E-state index is 14.1. The smallest absolute Gasteiger partial charge is 0.264 e. The van der Waals surface area contributed by atoms with Crippen LogP contribution >= 0.6 is 0 Å². The monoisotopic (exact) mass is 549 g/mol. The lowest BCUT2D eigenvalue weighted by Crippen LogP contribution is -2.52. The molecule has 0 saturated carbocycles. The number of sulfonamides is 1. The maximum absolute atomic E-state index is 14.1. The summed E-state index contributed by atoms with van der Waals surface area (Å²) in [5, 5.41) is 2.91. The molecule has 3 rings (SSSR count). The van der Waals surface area contributed by atoms with Gasteiger partial charge < -0.3 is 10.2 Å². The minimum absolute atomic E-state index is 0.0917. The third kappa shape index (κ3) is 7.47. The molecule has 0 saturated heterocycles. The van der Waals surface area contributed by atoms with Gasteiger partial charge in [0, 0.05) is 13.1 Å². The Morgan fingerprint density at radius 3 is 2.21 bits per heavy atom. The van der Waals surface area contributed by atoms with Crippen LogP contribution in [0, 0.1) is 20.8 Å². The largest absolute Gasteiger partial charge is 0.354 e. The lowest BCUT2D eigenvalue weighted by Gasteiger charge is -2.33. The number of hydrogen-bond donors (Lipinski definition) is 1. The Morgan fingerprint density at radius 1 is 0.872 bits per heavy atom. The second-order valence-corrected chi connectivity index (χ2v) is 11.7. The topological polar surface area (TPSA) is 86.8 Å². The molecule has 0 heterocycles. The second-order valence-electron chi connectivity index (χ2n) is 9.82. The van der Waals surface area contributed by atoms with Crippen LogP contribution in [-0.2, 0) is 26.2 Å². The minimum atomic E-state index is -4.07. The number of aryl methyl sites for hydroxylation is 3. The third-order valence-corrected chi connectivity index (χ3v) is 8.55. The Morgan fingerprint density at radius 2 is 1.59 bits per heavy atom. The van der Waals surface area contributed by atoms with E-state index in [1.54, 1.807) is 30.3 Å². The number of hydrogen-bond acceptors (Lipinski definition) is 4. The summed E-state index contributed by atoms with van der Waals surface area (Å²) < 4.78 is 28.9. The molecule has 0 aliphatic rings. The zero-order valence-corrected chi connectivity index (χ0v) is 24.3. The van der Waals surface area contributed by atoms with Crippen LogP contribution in [0.5, 0.6) is 0 Å². The van der Waals surface area contributed by atoms with Crippen LogP contribution in [0.25, 0.3) is 0 Å². The number of anilines is 1. The summed E-state index contributed by atoms with van der Waals surface area (Å²) in [6.45, 7) is 9.89. The summed E-state index contributed by atoms with van der Waals surface area (Å²) in [4.78, 5) is 28.8. The highest BCUT2D eigenvalue weighted by molar-refractivity contribution is 7.92. The lowest BCUT2D eigenvalue weighted by atomic mass is 10.1. The predicted molar refractivity (Wildman–Crippen MR) is 156 cm³/mol. The molecule has 2 amide bonds. The molecule has 0 spiro atoms. The van der Waals surface area contributed by atoms with Crippen molar-refractivity contribution in [1.29, 1.82) is 0 Å². The van der Waals surface area contributed by atoms with E-state index in [0.29, 0.717) is 18.7 Å². The van der Waals surface area contributed by atoms with Crippen molar-refractivity contribution in [2.75, 3.05) is 17.4 Å². The van der Waals surface area contributed by atoms with Gasteiger partial charge in [0.1, 0.15) is 12.6 Å². The molecule has 0 aliphatic heterocycles. The molecule has 0 bridgehead atoms. The first-order valence-electron chi connectivity index (χ1n) is 13.4. The van der Waals surface area contributed by atoms with E-state index in [-0.39, 0.29) is 17.3 Å². The quantitative estimate of drug-likeness (QED) is 0.339. The first-order chi connectivity index (χ1) is 18.6. The van der Waals surface area contributed by atoms with Crippen LogP contribution in [0.15, 0.2) is 77.7 Å².